The van der Waals surface area contributed by atoms with Crippen molar-refractivity contribution < 1.29 is 18.4 Å². The SMILES string of the molecule is CN(C(=O)c1ccnc(-c2ccc(Oc3ccc(F)cc3)cc2)c1)C1CC[N+](C)(C)CC1. The minimum atomic E-state index is -0.301. The molecule has 32 heavy (non-hydrogen) atoms. The Morgan fingerprint density at radius 3 is 2.22 bits per heavy atom. The lowest BCUT2D eigenvalue weighted by Crippen LogP contribution is -2.52. The summed E-state index contributed by atoms with van der Waals surface area (Å²) in [5, 5.41) is 0. The number of carbonyl (C=O) groups excluding carboxylic acids is 1. The molecule has 3 aromatic rings. The molecule has 1 fully saturated rings. The van der Waals surface area contributed by atoms with Crippen LogP contribution in [0, 0.1) is 5.82 Å². The second kappa shape index (κ2) is 9.09. The number of hydrogen-bond donors (Lipinski definition) is 0. The summed E-state index contributed by atoms with van der Waals surface area (Å²) in [7, 11) is 6.38. The number of hydrogen-bond acceptors (Lipinski definition) is 3. The van der Waals surface area contributed by atoms with Crippen LogP contribution in [0.4, 0.5) is 4.39 Å². The van der Waals surface area contributed by atoms with E-state index in [2.05, 4.69) is 19.1 Å². The Hall–Kier alpha value is -3.25. The van der Waals surface area contributed by atoms with Crippen LogP contribution in [0.3, 0.4) is 0 Å². The molecule has 0 N–H and O–H groups in total. The summed E-state index contributed by atoms with van der Waals surface area (Å²) >= 11 is 0. The highest BCUT2D eigenvalue weighted by atomic mass is 19.1. The van der Waals surface area contributed by atoms with Crippen molar-refractivity contribution in [3.8, 4) is 22.8 Å². The number of amides is 1. The molecule has 6 heteroatoms. The van der Waals surface area contributed by atoms with E-state index in [-0.39, 0.29) is 17.8 Å². The highest BCUT2D eigenvalue weighted by Crippen LogP contribution is 2.26. The van der Waals surface area contributed by atoms with Gasteiger partial charge in [-0.15, -0.1) is 0 Å². The zero-order valence-corrected chi connectivity index (χ0v) is 18.8. The number of aromatic nitrogens is 1. The highest BCUT2D eigenvalue weighted by Gasteiger charge is 2.30. The van der Waals surface area contributed by atoms with Gasteiger partial charge >= 0.3 is 0 Å². The molecule has 0 saturated carbocycles. The lowest BCUT2D eigenvalue weighted by molar-refractivity contribution is -0.895. The van der Waals surface area contributed by atoms with Crippen LogP contribution in [0.25, 0.3) is 11.3 Å². The number of rotatable bonds is 5. The molecule has 0 unspecified atom stereocenters. The maximum absolute atomic E-state index is 13.1. The topological polar surface area (TPSA) is 42.4 Å². The van der Waals surface area contributed by atoms with Crippen molar-refractivity contribution in [1.29, 1.82) is 0 Å². The minimum absolute atomic E-state index is 0.0297. The lowest BCUT2D eigenvalue weighted by Gasteiger charge is -2.40. The van der Waals surface area contributed by atoms with Gasteiger partial charge in [0.15, 0.2) is 0 Å². The summed E-state index contributed by atoms with van der Waals surface area (Å²) in [5.74, 6) is 0.941. The van der Waals surface area contributed by atoms with E-state index in [0.29, 0.717) is 17.1 Å². The number of ether oxygens (including phenoxy) is 1. The average molecular weight is 435 g/mol. The lowest BCUT2D eigenvalue weighted by atomic mass is 10.0. The van der Waals surface area contributed by atoms with Gasteiger partial charge in [0.2, 0.25) is 0 Å². The summed E-state index contributed by atoms with van der Waals surface area (Å²) < 4.78 is 19.8. The zero-order valence-electron chi connectivity index (χ0n) is 18.8. The molecule has 1 aromatic heterocycles. The Morgan fingerprint density at radius 2 is 1.59 bits per heavy atom. The number of quaternary nitrogens is 1. The largest absolute Gasteiger partial charge is 0.457 e. The predicted octanol–water partition coefficient (Wildman–Crippen LogP) is 4.99. The molecule has 166 valence electrons. The molecule has 2 aromatic carbocycles. The van der Waals surface area contributed by atoms with Crippen LogP contribution in [-0.4, -0.2) is 60.5 Å². The third kappa shape index (κ3) is 5.14. The molecule has 1 aliphatic heterocycles. The molecule has 0 radical (unpaired) electrons. The van der Waals surface area contributed by atoms with E-state index in [1.54, 1.807) is 24.4 Å². The van der Waals surface area contributed by atoms with E-state index in [4.69, 9.17) is 4.74 Å². The summed E-state index contributed by atoms with van der Waals surface area (Å²) in [6.45, 7) is 2.16. The standard InChI is InChI=1S/C26H29FN3O2/c1-29(22-13-16-30(2,3)17-14-22)26(31)20-12-15-28-25(18-20)19-4-8-23(9-5-19)32-24-10-6-21(27)7-11-24/h4-12,15,18,22H,13-14,16-17H2,1-3H3/q+1. The maximum atomic E-state index is 13.1. The number of pyridine rings is 1. The van der Waals surface area contributed by atoms with E-state index in [9.17, 15) is 9.18 Å². The Balaban J connectivity index is 1.45. The normalized spacial score (nSPS) is 15.9. The fourth-order valence-electron chi connectivity index (χ4n) is 4.06. The Bertz CT molecular complexity index is 1070. The molecule has 0 atom stereocenters. The van der Waals surface area contributed by atoms with Crippen molar-refractivity contribution in [2.75, 3.05) is 34.2 Å². The van der Waals surface area contributed by atoms with Gasteiger partial charge in [-0.2, -0.15) is 0 Å². The van der Waals surface area contributed by atoms with Crippen LogP contribution in [0.15, 0.2) is 66.9 Å². The van der Waals surface area contributed by atoms with Crippen molar-refractivity contribution in [3.05, 3.63) is 78.2 Å². The first-order chi connectivity index (χ1) is 15.3. The number of nitrogens with zero attached hydrogens (tertiary/aromatic N) is 3. The van der Waals surface area contributed by atoms with E-state index in [0.717, 1.165) is 41.7 Å². The van der Waals surface area contributed by atoms with Gasteiger partial charge in [0.05, 0.1) is 32.9 Å². The summed E-state index contributed by atoms with van der Waals surface area (Å²) in [5.41, 5.74) is 2.27. The van der Waals surface area contributed by atoms with Gasteiger partial charge in [0, 0.05) is 43.3 Å². The molecule has 2 heterocycles. The third-order valence-corrected chi connectivity index (χ3v) is 6.21. The van der Waals surface area contributed by atoms with Gasteiger partial charge in [-0.1, -0.05) is 0 Å². The molecular weight excluding hydrogens is 405 g/mol. The Kier molecular flexibility index (Phi) is 6.24. The molecule has 0 bridgehead atoms. The monoisotopic (exact) mass is 434 g/mol. The maximum Gasteiger partial charge on any atom is 0.253 e. The molecule has 0 aliphatic carbocycles. The molecule has 1 saturated heterocycles. The Labute approximate surface area is 188 Å². The fourth-order valence-corrected chi connectivity index (χ4v) is 4.06. The summed E-state index contributed by atoms with van der Waals surface area (Å²) in [6, 6.07) is 17.3. The third-order valence-electron chi connectivity index (χ3n) is 6.21. The first kappa shape index (κ1) is 22.0. The van der Waals surface area contributed by atoms with Crippen LogP contribution in [0.5, 0.6) is 11.5 Å². The molecule has 1 aliphatic rings. The molecule has 1 amide bonds. The van der Waals surface area contributed by atoms with E-state index in [1.807, 2.05) is 42.3 Å². The number of halogens is 1. The zero-order chi connectivity index (χ0) is 22.7. The predicted molar refractivity (Wildman–Crippen MR) is 123 cm³/mol. The van der Waals surface area contributed by atoms with Gasteiger partial charge in [-0.3, -0.25) is 9.78 Å². The smallest absolute Gasteiger partial charge is 0.253 e. The van der Waals surface area contributed by atoms with Crippen LogP contribution >= 0.6 is 0 Å². The molecule has 0 spiro atoms. The minimum Gasteiger partial charge on any atom is -0.457 e. The first-order valence-corrected chi connectivity index (χ1v) is 10.9. The van der Waals surface area contributed by atoms with Crippen LogP contribution in [0.1, 0.15) is 23.2 Å². The van der Waals surface area contributed by atoms with Crippen molar-refractivity contribution >= 4 is 5.91 Å². The summed E-state index contributed by atoms with van der Waals surface area (Å²) in [4.78, 5) is 19.5. The van der Waals surface area contributed by atoms with Crippen LogP contribution in [0.2, 0.25) is 0 Å². The van der Waals surface area contributed by atoms with Gasteiger partial charge in [-0.25, -0.2) is 4.39 Å². The second-order valence-corrected chi connectivity index (χ2v) is 9.04. The van der Waals surface area contributed by atoms with E-state index < -0.39 is 0 Å². The van der Waals surface area contributed by atoms with Gasteiger partial charge < -0.3 is 14.1 Å². The van der Waals surface area contributed by atoms with Gasteiger partial charge in [0.25, 0.3) is 5.91 Å². The number of benzene rings is 2. The van der Waals surface area contributed by atoms with Crippen molar-refractivity contribution in [3.63, 3.8) is 0 Å². The van der Waals surface area contributed by atoms with Crippen LogP contribution in [-0.2, 0) is 0 Å². The van der Waals surface area contributed by atoms with Crippen molar-refractivity contribution in [1.82, 2.24) is 9.88 Å². The quantitative estimate of drug-likeness (QED) is 0.531. The molecular formula is C26H29FN3O2+. The van der Waals surface area contributed by atoms with Crippen molar-refractivity contribution in [2.45, 2.75) is 18.9 Å². The van der Waals surface area contributed by atoms with E-state index >= 15 is 0 Å². The van der Waals surface area contributed by atoms with Crippen molar-refractivity contribution in [2.24, 2.45) is 0 Å². The second-order valence-electron chi connectivity index (χ2n) is 9.04. The highest BCUT2D eigenvalue weighted by molar-refractivity contribution is 5.95. The fraction of sp³-hybridized carbons (Fsp3) is 0.308. The summed E-state index contributed by atoms with van der Waals surface area (Å²) in [6.07, 6.45) is 3.71. The first-order valence-electron chi connectivity index (χ1n) is 10.9. The number of carbonyl (C=O) groups is 1. The molecule has 5 nitrogen and oxygen atoms in total. The number of likely N-dealkylation sites (tertiary alicyclic amines) is 1. The van der Waals surface area contributed by atoms with E-state index in [1.165, 1.54) is 12.1 Å². The van der Waals surface area contributed by atoms with Crippen LogP contribution < -0.4 is 4.74 Å². The van der Waals surface area contributed by atoms with Gasteiger partial charge in [-0.05, 0) is 60.7 Å². The Morgan fingerprint density at radius 1 is 1.00 bits per heavy atom. The number of piperidine rings is 1. The molecule has 4 rings (SSSR count). The van der Waals surface area contributed by atoms with Gasteiger partial charge in [0.1, 0.15) is 17.3 Å². The average Bonchev–Trinajstić information content (AvgIpc) is 2.80.